The van der Waals surface area contributed by atoms with Crippen LogP contribution in [0.5, 0.6) is 0 Å². The molecule has 0 bridgehead atoms. The first-order chi connectivity index (χ1) is 10.6. The van der Waals surface area contributed by atoms with E-state index in [0.717, 1.165) is 29.8 Å². The number of nitrogens with zero attached hydrogens (tertiary/aromatic N) is 3. The highest BCUT2D eigenvalue weighted by Crippen LogP contribution is 2.34. The van der Waals surface area contributed by atoms with Crippen molar-refractivity contribution in [3.05, 3.63) is 29.8 Å². The van der Waals surface area contributed by atoms with Crippen molar-refractivity contribution in [3.8, 4) is 10.6 Å². The fraction of sp³-hybridized carbons (Fsp3) is 0.471. The SMILES string of the molecule is Cc1cccc(-c2nnc(N(C(=O)C3CCC3)C(C)C)s2)c1. The van der Waals surface area contributed by atoms with Gasteiger partial charge in [0.1, 0.15) is 5.01 Å². The van der Waals surface area contributed by atoms with Crippen LogP contribution in [0.3, 0.4) is 0 Å². The molecule has 0 unspecified atom stereocenters. The van der Waals surface area contributed by atoms with Gasteiger partial charge in [-0.15, -0.1) is 10.2 Å². The summed E-state index contributed by atoms with van der Waals surface area (Å²) in [6.07, 6.45) is 3.17. The number of rotatable bonds is 4. The minimum absolute atomic E-state index is 0.103. The summed E-state index contributed by atoms with van der Waals surface area (Å²) in [6.45, 7) is 6.13. The number of benzene rings is 1. The van der Waals surface area contributed by atoms with Gasteiger partial charge in [0.05, 0.1) is 0 Å². The van der Waals surface area contributed by atoms with Gasteiger partial charge < -0.3 is 0 Å². The van der Waals surface area contributed by atoms with E-state index in [-0.39, 0.29) is 17.9 Å². The van der Waals surface area contributed by atoms with Gasteiger partial charge in [-0.25, -0.2) is 0 Å². The molecule has 4 nitrogen and oxygen atoms in total. The number of aromatic nitrogens is 2. The van der Waals surface area contributed by atoms with Gasteiger partial charge in [-0.3, -0.25) is 9.69 Å². The monoisotopic (exact) mass is 315 g/mol. The molecule has 0 saturated heterocycles. The van der Waals surface area contributed by atoms with Crippen molar-refractivity contribution in [1.82, 2.24) is 10.2 Å². The average Bonchev–Trinajstić information content (AvgIpc) is 2.85. The molecule has 1 aromatic heterocycles. The maximum Gasteiger partial charge on any atom is 0.232 e. The van der Waals surface area contributed by atoms with Crippen molar-refractivity contribution in [2.45, 2.75) is 46.1 Å². The molecule has 1 saturated carbocycles. The Morgan fingerprint density at radius 3 is 2.68 bits per heavy atom. The Bertz CT molecular complexity index is 676. The number of carbonyl (C=O) groups excluding carboxylic acids is 1. The second-order valence-electron chi connectivity index (χ2n) is 6.19. The normalized spacial score (nSPS) is 14.9. The van der Waals surface area contributed by atoms with Crippen LogP contribution in [-0.2, 0) is 4.79 Å². The molecule has 3 rings (SSSR count). The van der Waals surface area contributed by atoms with Crippen molar-refractivity contribution >= 4 is 22.4 Å². The van der Waals surface area contributed by atoms with E-state index >= 15 is 0 Å². The molecule has 0 aliphatic heterocycles. The zero-order valence-corrected chi connectivity index (χ0v) is 14.1. The Labute approximate surface area is 135 Å². The summed E-state index contributed by atoms with van der Waals surface area (Å²) < 4.78 is 0. The molecule has 0 N–H and O–H groups in total. The molecule has 0 radical (unpaired) electrons. The summed E-state index contributed by atoms with van der Waals surface area (Å²) in [7, 11) is 0. The number of anilines is 1. The maximum absolute atomic E-state index is 12.6. The summed E-state index contributed by atoms with van der Waals surface area (Å²) >= 11 is 1.49. The summed E-state index contributed by atoms with van der Waals surface area (Å²) in [4.78, 5) is 14.5. The molecular formula is C17H21N3OS. The Kier molecular flexibility index (Phi) is 4.25. The average molecular weight is 315 g/mol. The van der Waals surface area contributed by atoms with E-state index in [9.17, 15) is 4.79 Å². The predicted octanol–water partition coefficient (Wildman–Crippen LogP) is 4.06. The van der Waals surface area contributed by atoms with Crippen LogP contribution in [-0.4, -0.2) is 22.1 Å². The fourth-order valence-electron chi connectivity index (χ4n) is 2.63. The largest absolute Gasteiger partial charge is 0.284 e. The van der Waals surface area contributed by atoms with Gasteiger partial charge in [-0.1, -0.05) is 41.5 Å². The van der Waals surface area contributed by atoms with E-state index in [1.165, 1.54) is 16.9 Å². The lowest BCUT2D eigenvalue weighted by Crippen LogP contribution is -2.43. The summed E-state index contributed by atoms with van der Waals surface area (Å²) in [6, 6.07) is 8.31. The molecule has 0 spiro atoms. The lowest BCUT2D eigenvalue weighted by molar-refractivity contribution is -0.125. The third-order valence-electron chi connectivity index (χ3n) is 4.09. The molecule has 0 atom stereocenters. The summed E-state index contributed by atoms with van der Waals surface area (Å²) in [5, 5.41) is 10.1. The molecule has 1 aliphatic rings. The minimum Gasteiger partial charge on any atom is -0.284 e. The topological polar surface area (TPSA) is 46.1 Å². The van der Waals surface area contributed by atoms with E-state index in [1.807, 2.05) is 30.9 Å². The zero-order chi connectivity index (χ0) is 15.7. The highest BCUT2D eigenvalue weighted by atomic mass is 32.1. The van der Waals surface area contributed by atoms with Crippen LogP contribution in [0, 0.1) is 12.8 Å². The molecule has 116 valence electrons. The van der Waals surface area contributed by atoms with Crippen molar-refractivity contribution in [2.24, 2.45) is 5.92 Å². The number of amides is 1. The highest BCUT2D eigenvalue weighted by molar-refractivity contribution is 7.18. The first kappa shape index (κ1) is 15.2. The van der Waals surface area contributed by atoms with Crippen LogP contribution < -0.4 is 4.90 Å². The Morgan fingerprint density at radius 2 is 2.09 bits per heavy atom. The number of carbonyl (C=O) groups is 1. The van der Waals surface area contributed by atoms with Crippen LogP contribution in [0.1, 0.15) is 38.7 Å². The fourth-order valence-corrected chi connectivity index (χ4v) is 3.61. The molecule has 1 heterocycles. The summed E-state index contributed by atoms with van der Waals surface area (Å²) in [5.41, 5.74) is 2.25. The van der Waals surface area contributed by atoms with Crippen molar-refractivity contribution < 1.29 is 4.79 Å². The van der Waals surface area contributed by atoms with Gasteiger partial charge in [0, 0.05) is 17.5 Å². The number of aryl methyl sites for hydroxylation is 1. The molecule has 1 fully saturated rings. The van der Waals surface area contributed by atoms with Gasteiger partial charge in [-0.05, 0) is 39.7 Å². The van der Waals surface area contributed by atoms with Gasteiger partial charge >= 0.3 is 0 Å². The van der Waals surface area contributed by atoms with Gasteiger partial charge in [0.15, 0.2) is 0 Å². The Morgan fingerprint density at radius 1 is 1.32 bits per heavy atom. The Balaban J connectivity index is 1.88. The number of hydrogen-bond donors (Lipinski definition) is 0. The van der Waals surface area contributed by atoms with Crippen LogP contribution in [0.15, 0.2) is 24.3 Å². The standard InChI is InChI=1S/C17H21N3OS/c1-11(2)20(16(21)13-7-5-8-13)17-19-18-15(22-17)14-9-4-6-12(3)10-14/h4,6,9-11,13H,5,7-8H2,1-3H3. The second kappa shape index (κ2) is 6.16. The van der Waals surface area contributed by atoms with Gasteiger partial charge in [0.2, 0.25) is 11.0 Å². The van der Waals surface area contributed by atoms with E-state index in [2.05, 4.69) is 29.3 Å². The summed E-state index contributed by atoms with van der Waals surface area (Å²) in [5.74, 6) is 0.377. The van der Waals surface area contributed by atoms with E-state index in [1.54, 1.807) is 0 Å². The Hall–Kier alpha value is -1.75. The number of hydrogen-bond acceptors (Lipinski definition) is 4. The predicted molar refractivity (Wildman–Crippen MR) is 90.0 cm³/mol. The molecule has 1 aliphatic carbocycles. The molecule has 5 heteroatoms. The maximum atomic E-state index is 12.6. The molecular weight excluding hydrogens is 294 g/mol. The van der Waals surface area contributed by atoms with Crippen molar-refractivity contribution in [1.29, 1.82) is 0 Å². The quantitative estimate of drug-likeness (QED) is 0.855. The molecule has 1 aromatic carbocycles. The van der Waals surface area contributed by atoms with E-state index in [0.29, 0.717) is 5.13 Å². The highest BCUT2D eigenvalue weighted by Gasteiger charge is 2.33. The minimum atomic E-state index is 0.103. The molecule has 22 heavy (non-hydrogen) atoms. The van der Waals surface area contributed by atoms with Crippen LogP contribution >= 0.6 is 11.3 Å². The van der Waals surface area contributed by atoms with E-state index in [4.69, 9.17) is 0 Å². The van der Waals surface area contributed by atoms with Gasteiger partial charge in [0.25, 0.3) is 0 Å². The third-order valence-corrected chi connectivity index (χ3v) is 5.07. The van der Waals surface area contributed by atoms with Crippen LogP contribution in [0.2, 0.25) is 0 Å². The lowest BCUT2D eigenvalue weighted by atomic mass is 9.84. The van der Waals surface area contributed by atoms with Crippen LogP contribution in [0.4, 0.5) is 5.13 Å². The molecule has 2 aromatic rings. The third kappa shape index (κ3) is 2.90. The second-order valence-corrected chi connectivity index (χ2v) is 7.15. The van der Waals surface area contributed by atoms with Crippen molar-refractivity contribution in [2.75, 3.05) is 4.90 Å². The van der Waals surface area contributed by atoms with Crippen LogP contribution in [0.25, 0.3) is 10.6 Å². The first-order valence-corrected chi connectivity index (χ1v) is 8.61. The van der Waals surface area contributed by atoms with Crippen molar-refractivity contribution in [3.63, 3.8) is 0 Å². The zero-order valence-electron chi connectivity index (χ0n) is 13.2. The van der Waals surface area contributed by atoms with E-state index < -0.39 is 0 Å². The smallest absolute Gasteiger partial charge is 0.232 e. The molecule has 1 amide bonds. The lowest BCUT2D eigenvalue weighted by Gasteiger charge is -2.32. The van der Waals surface area contributed by atoms with Gasteiger partial charge in [-0.2, -0.15) is 0 Å². The first-order valence-electron chi connectivity index (χ1n) is 7.80.